The lowest BCUT2D eigenvalue weighted by molar-refractivity contribution is 0.0693. The predicted molar refractivity (Wildman–Crippen MR) is 125 cm³/mol. The molecule has 0 bridgehead atoms. The van der Waals surface area contributed by atoms with E-state index in [0.717, 1.165) is 11.1 Å². The van der Waals surface area contributed by atoms with Crippen LogP contribution in [0.4, 0.5) is 4.79 Å². The molecule has 0 atom stereocenters. The Morgan fingerprint density at radius 3 is 2.30 bits per heavy atom. The first kappa shape index (κ1) is 22.0. The number of carbonyl (C=O) groups is 2. The van der Waals surface area contributed by atoms with E-state index >= 15 is 0 Å². The van der Waals surface area contributed by atoms with Crippen LogP contribution in [0.25, 0.3) is 11.1 Å². The molecule has 3 aromatic rings. The molecule has 0 heterocycles. The molecule has 6 nitrogen and oxygen atoms in total. The van der Waals surface area contributed by atoms with Crippen LogP contribution in [0.1, 0.15) is 39.4 Å². The first-order chi connectivity index (χ1) is 16.1. The highest BCUT2D eigenvalue weighted by atomic mass is 16.5. The number of ether oxygens (including phenoxy) is 2. The Balaban J connectivity index is 1.29. The number of amides is 1. The highest BCUT2D eigenvalue weighted by Gasteiger charge is 2.28. The summed E-state index contributed by atoms with van der Waals surface area (Å²) in [6.45, 7) is 0.584. The van der Waals surface area contributed by atoms with E-state index in [0.29, 0.717) is 18.5 Å². The molecule has 2 N–H and O–H groups in total. The van der Waals surface area contributed by atoms with E-state index in [9.17, 15) is 14.7 Å². The Hall–Kier alpha value is -4.24. The van der Waals surface area contributed by atoms with Gasteiger partial charge in [0.2, 0.25) is 0 Å². The van der Waals surface area contributed by atoms with Gasteiger partial charge in [-0.05, 0) is 40.5 Å². The summed E-state index contributed by atoms with van der Waals surface area (Å²) in [6, 6.07) is 21.1. The number of hydrogen-bond donors (Lipinski definition) is 2. The molecular formula is C27H23NO5. The summed E-state index contributed by atoms with van der Waals surface area (Å²) in [5, 5.41) is 12.0. The van der Waals surface area contributed by atoms with Crippen molar-refractivity contribution >= 4 is 12.1 Å². The number of alkyl carbamates (subject to hydrolysis) is 1. The number of fused-ring (bicyclic) bond motifs is 3. The summed E-state index contributed by atoms with van der Waals surface area (Å²) < 4.78 is 10.5. The van der Waals surface area contributed by atoms with Gasteiger partial charge in [-0.1, -0.05) is 60.4 Å². The zero-order chi connectivity index (χ0) is 23.2. The van der Waals surface area contributed by atoms with Crippen molar-refractivity contribution in [1.82, 2.24) is 5.32 Å². The van der Waals surface area contributed by atoms with Gasteiger partial charge in [0, 0.05) is 24.4 Å². The van der Waals surface area contributed by atoms with Gasteiger partial charge in [0.25, 0.3) is 0 Å². The molecule has 3 aromatic carbocycles. The number of benzene rings is 3. The minimum atomic E-state index is -1.08. The van der Waals surface area contributed by atoms with Crippen molar-refractivity contribution in [3.63, 3.8) is 0 Å². The lowest BCUT2D eigenvalue weighted by Gasteiger charge is -2.14. The Labute approximate surface area is 192 Å². The van der Waals surface area contributed by atoms with Crippen molar-refractivity contribution in [3.8, 4) is 28.7 Å². The summed E-state index contributed by atoms with van der Waals surface area (Å²) in [7, 11) is 1.42. The number of hydrogen-bond acceptors (Lipinski definition) is 4. The number of carbonyl (C=O) groups excluding carboxylic acids is 1. The largest absolute Gasteiger partial charge is 0.496 e. The number of carboxylic acid groups (broad SMARTS) is 1. The lowest BCUT2D eigenvalue weighted by Crippen LogP contribution is -2.26. The fourth-order valence-corrected chi connectivity index (χ4v) is 3.99. The molecule has 0 radical (unpaired) electrons. The van der Waals surface area contributed by atoms with Crippen LogP contribution in [0, 0.1) is 11.8 Å². The summed E-state index contributed by atoms with van der Waals surface area (Å²) >= 11 is 0. The maximum atomic E-state index is 12.2. The van der Waals surface area contributed by atoms with Crippen LogP contribution < -0.4 is 10.1 Å². The maximum Gasteiger partial charge on any atom is 0.407 e. The van der Waals surface area contributed by atoms with Gasteiger partial charge in [-0.15, -0.1) is 0 Å². The Bertz CT molecular complexity index is 1210. The molecule has 0 aromatic heterocycles. The fraction of sp³-hybridized carbons (Fsp3) is 0.185. The van der Waals surface area contributed by atoms with Gasteiger partial charge in [0.1, 0.15) is 17.9 Å². The number of methoxy groups -OCH3 is 1. The molecule has 0 saturated heterocycles. The number of carboxylic acids is 1. The average molecular weight is 441 g/mol. The van der Waals surface area contributed by atoms with Crippen molar-refractivity contribution in [2.24, 2.45) is 0 Å². The monoisotopic (exact) mass is 441 g/mol. The second kappa shape index (κ2) is 9.92. The summed E-state index contributed by atoms with van der Waals surface area (Å²) in [5.74, 6) is 5.05. The second-order valence-electron chi connectivity index (χ2n) is 7.52. The lowest BCUT2D eigenvalue weighted by atomic mass is 9.98. The molecule has 0 aliphatic heterocycles. The van der Waals surface area contributed by atoms with Crippen molar-refractivity contribution in [2.75, 3.05) is 20.3 Å². The van der Waals surface area contributed by atoms with Crippen molar-refractivity contribution in [2.45, 2.75) is 12.3 Å². The molecule has 0 saturated carbocycles. The smallest absolute Gasteiger partial charge is 0.407 e. The molecule has 1 aliphatic rings. The topological polar surface area (TPSA) is 84.9 Å². The van der Waals surface area contributed by atoms with Gasteiger partial charge in [0.15, 0.2) is 0 Å². The Kier molecular flexibility index (Phi) is 6.61. The molecule has 0 spiro atoms. The van der Waals surface area contributed by atoms with Crippen LogP contribution in [0.2, 0.25) is 0 Å². The zero-order valence-corrected chi connectivity index (χ0v) is 18.1. The van der Waals surface area contributed by atoms with E-state index in [1.807, 2.05) is 24.3 Å². The molecule has 1 aliphatic carbocycles. The molecule has 0 fully saturated rings. The Morgan fingerprint density at radius 2 is 1.67 bits per heavy atom. The molecule has 0 unspecified atom stereocenters. The fourth-order valence-electron chi connectivity index (χ4n) is 3.99. The van der Waals surface area contributed by atoms with Gasteiger partial charge in [-0.2, -0.15) is 0 Å². The minimum Gasteiger partial charge on any atom is -0.496 e. The first-order valence-electron chi connectivity index (χ1n) is 10.6. The zero-order valence-electron chi connectivity index (χ0n) is 18.1. The average Bonchev–Trinajstić information content (AvgIpc) is 3.16. The van der Waals surface area contributed by atoms with Crippen LogP contribution in [0.3, 0.4) is 0 Å². The normalized spacial score (nSPS) is 11.5. The van der Waals surface area contributed by atoms with Gasteiger partial charge < -0.3 is 19.9 Å². The van der Waals surface area contributed by atoms with Gasteiger partial charge >= 0.3 is 12.1 Å². The van der Waals surface area contributed by atoms with E-state index in [2.05, 4.69) is 41.4 Å². The SMILES string of the molecule is COc1ccc(C#CCCNC(=O)OCC2c3ccccc3-c3ccccc32)cc1C(=O)O. The standard InChI is InChI=1S/C27H23NO5/c1-32-25-14-13-18(16-23(25)26(29)30)8-6-7-15-28-27(31)33-17-24-21-11-4-2-9-19(21)20-10-3-5-12-22(20)24/h2-5,9-14,16,24H,7,15,17H2,1H3,(H,28,31)(H,29,30). The van der Waals surface area contributed by atoms with Crippen molar-refractivity contribution in [1.29, 1.82) is 0 Å². The van der Waals surface area contributed by atoms with Crippen LogP contribution in [0.15, 0.2) is 66.7 Å². The van der Waals surface area contributed by atoms with E-state index in [1.54, 1.807) is 12.1 Å². The van der Waals surface area contributed by atoms with Crippen LogP contribution in [-0.4, -0.2) is 37.4 Å². The number of nitrogens with one attached hydrogen (secondary N) is 1. The molecule has 1 amide bonds. The van der Waals surface area contributed by atoms with Gasteiger partial charge in [0.05, 0.1) is 7.11 Å². The van der Waals surface area contributed by atoms with E-state index in [-0.39, 0.29) is 23.8 Å². The second-order valence-corrected chi connectivity index (χ2v) is 7.52. The quantitative estimate of drug-likeness (QED) is 0.429. The van der Waals surface area contributed by atoms with Crippen LogP contribution >= 0.6 is 0 Å². The van der Waals surface area contributed by atoms with Crippen molar-refractivity contribution < 1.29 is 24.2 Å². The predicted octanol–water partition coefficient (Wildman–Crippen LogP) is 4.67. The molecular weight excluding hydrogens is 418 g/mol. The Morgan fingerprint density at radius 1 is 1.00 bits per heavy atom. The highest BCUT2D eigenvalue weighted by Crippen LogP contribution is 2.44. The first-order valence-corrected chi connectivity index (χ1v) is 10.6. The van der Waals surface area contributed by atoms with Crippen LogP contribution in [0.5, 0.6) is 5.75 Å². The summed E-state index contributed by atoms with van der Waals surface area (Å²) in [5.41, 5.74) is 5.31. The third-order valence-corrected chi connectivity index (χ3v) is 5.53. The molecule has 6 heteroatoms. The highest BCUT2D eigenvalue weighted by molar-refractivity contribution is 5.91. The third-order valence-electron chi connectivity index (χ3n) is 5.53. The summed E-state index contributed by atoms with van der Waals surface area (Å²) in [6.07, 6.45) is -0.0881. The molecule has 33 heavy (non-hydrogen) atoms. The number of rotatable bonds is 6. The number of aromatic carboxylic acids is 1. The third kappa shape index (κ3) is 4.83. The van der Waals surface area contributed by atoms with Crippen LogP contribution in [-0.2, 0) is 4.74 Å². The maximum absolute atomic E-state index is 12.2. The van der Waals surface area contributed by atoms with Gasteiger partial charge in [-0.25, -0.2) is 9.59 Å². The van der Waals surface area contributed by atoms with E-state index < -0.39 is 12.1 Å². The van der Waals surface area contributed by atoms with E-state index in [4.69, 9.17) is 9.47 Å². The van der Waals surface area contributed by atoms with E-state index in [1.165, 1.54) is 24.3 Å². The van der Waals surface area contributed by atoms with Gasteiger partial charge in [-0.3, -0.25) is 0 Å². The molecule has 166 valence electrons. The minimum absolute atomic E-state index is 0.0152. The summed E-state index contributed by atoms with van der Waals surface area (Å²) in [4.78, 5) is 23.5. The van der Waals surface area contributed by atoms with Crippen molar-refractivity contribution in [3.05, 3.63) is 89.0 Å². The molecule has 4 rings (SSSR count).